The minimum absolute atomic E-state index is 0.0292. The molecule has 2 aliphatic rings. The standard InChI is InChI=1S/C15H27N3O3/c1-12(13(19)18-8-4-3-5-9-18)17-14(20)15(11-21-2)6-7-16-10-15/h12,16H,3-11H2,1-2H3,(H,17,20). The molecule has 0 aromatic carbocycles. The molecule has 21 heavy (non-hydrogen) atoms. The molecule has 6 nitrogen and oxygen atoms in total. The van der Waals surface area contributed by atoms with E-state index in [4.69, 9.17) is 4.74 Å². The molecule has 2 rings (SSSR count). The Balaban J connectivity index is 1.92. The van der Waals surface area contributed by atoms with Gasteiger partial charge in [0.2, 0.25) is 11.8 Å². The van der Waals surface area contributed by atoms with Crippen LogP contribution < -0.4 is 10.6 Å². The lowest BCUT2D eigenvalue weighted by molar-refractivity contribution is -0.140. The molecular weight excluding hydrogens is 270 g/mol. The van der Waals surface area contributed by atoms with E-state index >= 15 is 0 Å². The van der Waals surface area contributed by atoms with Crippen molar-refractivity contribution in [3.63, 3.8) is 0 Å². The first kappa shape index (κ1) is 16.2. The summed E-state index contributed by atoms with van der Waals surface area (Å²) in [5.74, 6) is -0.0474. The van der Waals surface area contributed by atoms with E-state index in [9.17, 15) is 9.59 Å². The molecule has 6 heteroatoms. The van der Waals surface area contributed by atoms with Crippen molar-refractivity contribution in [1.29, 1.82) is 0 Å². The maximum Gasteiger partial charge on any atom is 0.244 e. The highest BCUT2D eigenvalue weighted by Crippen LogP contribution is 2.26. The first-order chi connectivity index (χ1) is 10.1. The highest BCUT2D eigenvalue weighted by atomic mass is 16.5. The van der Waals surface area contributed by atoms with Crippen LogP contribution >= 0.6 is 0 Å². The van der Waals surface area contributed by atoms with Crippen LogP contribution in [0.1, 0.15) is 32.6 Å². The lowest BCUT2D eigenvalue weighted by Gasteiger charge is -2.32. The summed E-state index contributed by atoms with van der Waals surface area (Å²) >= 11 is 0. The van der Waals surface area contributed by atoms with E-state index in [2.05, 4.69) is 10.6 Å². The van der Waals surface area contributed by atoms with Crippen LogP contribution in [-0.4, -0.2) is 62.7 Å². The van der Waals surface area contributed by atoms with Gasteiger partial charge in [-0.2, -0.15) is 0 Å². The number of nitrogens with zero attached hydrogens (tertiary/aromatic N) is 1. The number of amides is 2. The number of hydrogen-bond acceptors (Lipinski definition) is 4. The van der Waals surface area contributed by atoms with Gasteiger partial charge in [-0.3, -0.25) is 9.59 Å². The lowest BCUT2D eigenvalue weighted by Crippen LogP contribution is -2.53. The highest BCUT2D eigenvalue weighted by molar-refractivity contribution is 5.90. The van der Waals surface area contributed by atoms with E-state index < -0.39 is 11.5 Å². The fourth-order valence-electron chi connectivity index (χ4n) is 3.20. The van der Waals surface area contributed by atoms with Gasteiger partial charge < -0.3 is 20.3 Å². The van der Waals surface area contributed by atoms with Gasteiger partial charge in [-0.1, -0.05) is 0 Å². The second-order valence-corrected chi connectivity index (χ2v) is 6.22. The van der Waals surface area contributed by atoms with Crippen LogP contribution in [0.3, 0.4) is 0 Å². The van der Waals surface area contributed by atoms with Crippen LogP contribution in [0.25, 0.3) is 0 Å². The van der Waals surface area contributed by atoms with E-state index in [1.165, 1.54) is 6.42 Å². The summed E-state index contributed by atoms with van der Waals surface area (Å²) in [5, 5.41) is 6.10. The van der Waals surface area contributed by atoms with Gasteiger partial charge in [0.15, 0.2) is 0 Å². The van der Waals surface area contributed by atoms with Gasteiger partial charge in [0, 0.05) is 26.7 Å². The Morgan fingerprint density at radius 2 is 2.05 bits per heavy atom. The molecule has 2 fully saturated rings. The second-order valence-electron chi connectivity index (χ2n) is 6.22. The zero-order chi connectivity index (χ0) is 15.3. The number of carbonyl (C=O) groups excluding carboxylic acids is 2. The van der Waals surface area contributed by atoms with Crippen molar-refractivity contribution in [3.8, 4) is 0 Å². The van der Waals surface area contributed by atoms with Crippen LogP contribution in [-0.2, 0) is 14.3 Å². The predicted octanol–water partition coefficient (Wildman–Crippen LogP) is 0.130. The average Bonchev–Trinajstić information content (AvgIpc) is 2.97. The number of carbonyl (C=O) groups is 2. The smallest absolute Gasteiger partial charge is 0.244 e. The number of piperidine rings is 1. The third-order valence-electron chi connectivity index (χ3n) is 4.53. The van der Waals surface area contributed by atoms with Gasteiger partial charge >= 0.3 is 0 Å². The van der Waals surface area contributed by atoms with E-state index in [-0.39, 0.29) is 11.8 Å². The number of likely N-dealkylation sites (tertiary alicyclic amines) is 1. The normalized spacial score (nSPS) is 27.4. The van der Waals surface area contributed by atoms with Crippen molar-refractivity contribution < 1.29 is 14.3 Å². The average molecular weight is 297 g/mol. The maximum atomic E-state index is 12.6. The Morgan fingerprint density at radius 3 is 2.62 bits per heavy atom. The third-order valence-corrected chi connectivity index (χ3v) is 4.53. The summed E-state index contributed by atoms with van der Waals surface area (Å²) in [7, 11) is 1.61. The van der Waals surface area contributed by atoms with Crippen molar-refractivity contribution in [3.05, 3.63) is 0 Å². The fraction of sp³-hybridized carbons (Fsp3) is 0.867. The van der Waals surface area contributed by atoms with Gasteiger partial charge in [0.25, 0.3) is 0 Å². The van der Waals surface area contributed by atoms with Crippen molar-refractivity contribution in [1.82, 2.24) is 15.5 Å². The van der Waals surface area contributed by atoms with E-state index in [0.717, 1.165) is 38.9 Å². The van der Waals surface area contributed by atoms with Gasteiger partial charge in [-0.25, -0.2) is 0 Å². The van der Waals surface area contributed by atoms with Crippen LogP contribution in [0.4, 0.5) is 0 Å². The minimum atomic E-state index is -0.537. The molecule has 0 saturated carbocycles. The quantitative estimate of drug-likeness (QED) is 0.757. The molecule has 2 amide bonds. The summed E-state index contributed by atoms with van der Waals surface area (Å²) in [4.78, 5) is 26.8. The summed E-state index contributed by atoms with van der Waals surface area (Å²) in [6.45, 7) is 5.20. The topological polar surface area (TPSA) is 70.7 Å². The van der Waals surface area contributed by atoms with Gasteiger partial charge in [0.05, 0.1) is 12.0 Å². The van der Waals surface area contributed by atoms with Gasteiger partial charge in [-0.05, 0) is 39.2 Å². The molecule has 2 N–H and O–H groups in total. The number of nitrogens with one attached hydrogen (secondary N) is 2. The van der Waals surface area contributed by atoms with Gasteiger partial charge in [0.1, 0.15) is 6.04 Å². The Morgan fingerprint density at radius 1 is 1.33 bits per heavy atom. The first-order valence-electron chi connectivity index (χ1n) is 7.88. The number of ether oxygens (including phenoxy) is 1. The van der Waals surface area contributed by atoms with Crippen LogP contribution in [0.15, 0.2) is 0 Å². The van der Waals surface area contributed by atoms with E-state index in [1.54, 1.807) is 14.0 Å². The molecule has 2 saturated heterocycles. The fourth-order valence-corrected chi connectivity index (χ4v) is 3.20. The molecule has 2 atom stereocenters. The highest BCUT2D eigenvalue weighted by Gasteiger charge is 2.42. The van der Waals surface area contributed by atoms with Crippen molar-refractivity contribution in [2.24, 2.45) is 5.41 Å². The molecule has 2 unspecified atom stereocenters. The number of rotatable bonds is 5. The summed E-state index contributed by atoms with van der Waals surface area (Å²) in [6, 6.07) is -0.468. The minimum Gasteiger partial charge on any atom is -0.384 e. The summed E-state index contributed by atoms with van der Waals surface area (Å²) < 4.78 is 5.21. The molecule has 0 aromatic heterocycles. The Labute approximate surface area is 126 Å². The van der Waals surface area contributed by atoms with Crippen molar-refractivity contribution in [2.45, 2.75) is 38.6 Å². The Kier molecular flexibility index (Phi) is 5.58. The molecule has 0 spiro atoms. The molecule has 0 radical (unpaired) electrons. The summed E-state index contributed by atoms with van der Waals surface area (Å²) in [5.41, 5.74) is -0.537. The third kappa shape index (κ3) is 3.74. The monoisotopic (exact) mass is 297 g/mol. The molecule has 2 heterocycles. The molecular formula is C15H27N3O3. The Bertz CT molecular complexity index is 374. The lowest BCUT2D eigenvalue weighted by atomic mass is 9.86. The molecule has 0 bridgehead atoms. The number of methoxy groups -OCH3 is 1. The molecule has 0 aromatic rings. The summed E-state index contributed by atoms with van der Waals surface area (Å²) in [6.07, 6.45) is 4.05. The zero-order valence-corrected chi connectivity index (χ0v) is 13.1. The van der Waals surface area contributed by atoms with Crippen molar-refractivity contribution in [2.75, 3.05) is 39.9 Å². The van der Waals surface area contributed by atoms with Gasteiger partial charge in [-0.15, -0.1) is 0 Å². The van der Waals surface area contributed by atoms with Crippen molar-refractivity contribution >= 4 is 11.8 Å². The van der Waals surface area contributed by atoms with Crippen LogP contribution in [0.5, 0.6) is 0 Å². The zero-order valence-electron chi connectivity index (χ0n) is 13.1. The SMILES string of the molecule is COCC1(C(=O)NC(C)C(=O)N2CCCCC2)CCNC1. The van der Waals surface area contributed by atoms with E-state index in [0.29, 0.717) is 13.2 Å². The van der Waals surface area contributed by atoms with Crippen LogP contribution in [0.2, 0.25) is 0 Å². The molecule has 0 aliphatic carbocycles. The molecule has 2 aliphatic heterocycles. The van der Waals surface area contributed by atoms with E-state index in [1.807, 2.05) is 4.90 Å². The largest absolute Gasteiger partial charge is 0.384 e. The second kappa shape index (κ2) is 7.22. The predicted molar refractivity (Wildman–Crippen MR) is 79.8 cm³/mol. The maximum absolute atomic E-state index is 12.6. The Hall–Kier alpha value is -1.14. The number of hydrogen-bond donors (Lipinski definition) is 2. The first-order valence-corrected chi connectivity index (χ1v) is 7.88. The van der Waals surface area contributed by atoms with Crippen LogP contribution in [0, 0.1) is 5.41 Å². The molecule has 120 valence electrons.